The fourth-order valence-corrected chi connectivity index (χ4v) is 4.48. The summed E-state index contributed by atoms with van der Waals surface area (Å²) >= 11 is 6.20. The zero-order chi connectivity index (χ0) is 33.1. The minimum Gasteiger partial charge on any atom is -0.423 e. The van der Waals surface area contributed by atoms with Gasteiger partial charge >= 0.3 is 5.97 Å². The SMILES string of the molecule is CCN(CC)c1ccc(/C=C(/NC(=O)c2ccccc2Cl)C(=O)N/N=C/c2ccc(OC(=O)c3ccc([N+](=O)[O-])cc3)cc2)cc1. The maximum absolute atomic E-state index is 13.2. The van der Waals surface area contributed by atoms with Crippen molar-refractivity contribution in [2.24, 2.45) is 5.10 Å². The van der Waals surface area contributed by atoms with Gasteiger partial charge in [-0.1, -0.05) is 35.9 Å². The van der Waals surface area contributed by atoms with Gasteiger partial charge in [0.15, 0.2) is 0 Å². The first-order valence-electron chi connectivity index (χ1n) is 14.2. The molecular formula is C34H30ClN5O6. The van der Waals surface area contributed by atoms with Crippen LogP contribution >= 0.6 is 11.6 Å². The molecule has 2 amide bonds. The number of non-ortho nitro benzene ring substituents is 1. The van der Waals surface area contributed by atoms with Crippen LogP contribution in [-0.4, -0.2) is 42.0 Å². The second-order valence-corrected chi connectivity index (χ2v) is 10.1. The molecule has 0 aliphatic carbocycles. The number of hydrogen-bond acceptors (Lipinski definition) is 8. The van der Waals surface area contributed by atoms with Gasteiger partial charge in [0, 0.05) is 30.9 Å². The minimum atomic E-state index is -0.676. The van der Waals surface area contributed by atoms with Gasteiger partial charge in [-0.2, -0.15) is 5.10 Å². The van der Waals surface area contributed by atoms with Crippen LogP contribution in [0.2, 0.25) is 5.02 Å². The molecule has 4 aromatic rings. The van der Waals surface area contributed by atoms with E-state index in [9.17, 15) is 24.5 Å². The molecule has 0 unspecified atom stereocenters. The van der Waals surface area contributed by atoms with Crippen molar-refractivity contribution in [2.75, 3.05) is 18.0 Å². The summed E-state index contributed by atoms with van der Waals surface area (Å²) in [7, 11) is 0. The molecule has 0 atom stereocenters. The molecule has 4 aromatic carbocycles. The Bertz CT molecular complexity index is 1770. The topological polar surface area (TPSA) is 143 Å². The summed E-state index contributed by atoms with van der Waals surface area (Å²) in [5.41, 5.74) is 4.89. The van der Waals surface area contributed by atoms with Gasteiger partial charge in [-0.15, -0.1) is 0 Å². The molecule has 0 aliphatic heterocycles. The second-order valence-electron chi connectivity index (χ2n) is 9.72. The molecule has 0 heterocycles. The number of halogens is 1. The highest BCUT2D eigenvalue weighted by Crippen LogP contribution is 2.19. The predicted octanol–water partition coefficient (Wildman–Crippen LogP) is 6.23. The third kappa shape index (κ3) is 8.87. The summed E-state index contributed by atoms with van der Waals surface area (Å²) in [4.78, 5) is 51.0. The Balaban J connectivity index is 1.45. The molecule has 12 heteroatoms. The number of nitro benzene ring substituents is 1. The largest absolute Gasteiger partial charge is 0.423 e. The molecule has 0 fully saturated rings. The van der Waals surface area contributed by atoms with E-state index in [1.165, 1.54) is 42.6 Å². The van der Waals surface area contributed by atoms with Crippen LogP contribution in [0.5, 0.6) is 5.75 Å². The Hall–Kier alpha value is -5.81. The van der Waals surface area contributed by atoms with Gasteiger partial charge in [0.05, 0.1) is 27.3 Å². The third-order valence-electron chi connectivity index (χ3n) is 6.73. The number of ether oxygens (including phenoxy) is 1. The maximum atomic E-state index is 13.2. The Labute approximate surface area is 270 Å². The molecule has 46 heavy (non-hydrogen) atoms. The summed E-state index contributed by atoms with van der Waals surface area (Å²) in [6, 6.07) is 25.4. The van der Waals surface area contributed by atoms with E-state index in [2.05, 4.69) is 34.6 Å². The zero-order valence-electron chi connectivity index (χ0n) is 25.0. The summed E-state index contributed by atoms with van der Waals surface area (Å²) in [5, 5.41) is 17.7. The van der Waals surface area contributed by atoms with E-state index in [-0.39, 0.29) is 33.3 Å². The van der Waals surface area contributed by atoms with Crippen LogP contribution in [0.1, 0.15) is 45.7 Å². The number of nitro groups is 1. The Morgan fingerprint density at radius 1 is 0.891 bits per heavy atom. The highest BCUT2D eigenvalue weighted by Gasteiger charge is 2.17. The van der Waals surface area contributed by atoms with Crippen LogP contribution in [0.15, 0.2) is 108 Å². The van der Waals surface area contributed by atoms with Crippen molar-refractivity contribution in [3.05, 3.63) is 140 Å². The molecule has 4 rings (SSSR count). The lowest BCUT2D eigenvalue weighted by molar-refractivity contribution is -0.384. The number of anilines is 1. The van der Waals surface area contributed by atoms with Crippen LogP contribution in [0.25, 0.3) is 6.08 Å². The molecular weight excluding hydrogens is 610 g/mol. The second kappa shape index (κ2) is 15.8. The Morgan fingerprint density at radius 3 is 2.13 bits per heavy atom. The van der Waals surface area contributed by atoms with E-state index in [0.717, 1.165) is 18.8 Å². The molecule has 0 aromatic heterocycles. The smallest absolute Gasteiger partial charge is 0.343 e. The number of nitrogens with one attached hydrogen (secondary N) is 2. The van der Waals surface area contributed by atoms with Gasteiger partial charge in [0.2, 0.25) is 0 Å². The summed E-state index contributed by atoms with van der Waals surface area (Å²) in [6.45, 7) is 5.83. The number of carbonyl (C=O) groups excluding carboxylic acids is 3. The molecule has 0 saturated carbocycles. The zero-order valence-corrected chi connectivity index (χ0v) is 25.7. The lowest BCUT2D eigenvalue weighted by Crippen LogP contribution is -2.33. The van der Waals surface area contributed by atoms with Crippen LogP contribution in [0.3, 0.4) is 0 Å². The van der Waals surface area contributed by atoms with E-state index in [4.69, 9.17) is 16.3 Å². The Morgan fingerprint density at radius 2 is 1.52 bits per heavy atom. The number of benzene rings is 4. The van der Waals surface area contributed by atoms with E-state index >= 15 is 0 Å². The molecule has 11 nitrogen and oxygen atoms in total. The Kier molecular flexibility index (Phi) is 11.3. The van der Waals surface area contributed by atoms with Crippen molar-refractivity contribution in [1.82, 2.24) is 10.7 Å². The number of amides is 2. The molecule has 0 radical (unpaired) electrons. The van der Waals surface area contributed by atoms with Crippen molar-refractivity contribution in [2.45, 2.75) is 13.8 Å². The van der Waals surface area contributed by atoms with Crippen molar-refractivity contribution < 1.29 is 24.0 Å². The molecule has 0 bridgehead atoms. The summed E-state index contributed by atoms with van der Waals surface area (Å²) in [5.74, 6) is -1.67. The van der Waals surface area contributed by atoms with Gasteiger partial charge in [-0.05, 0) is 91.7 Å². The highest BCUT2D eigenvalue weighted by molar-refractivity contribution is 6.34. The van der Waals surface area contributed by atoms with Gasteiger partial charge < -0.3 is 15.0 Å². The predicted molar refractivity (Wildman–Crippen MR) is 177 cm³/mol. The first kappa shape index (κ1) is 33.1. The number of hydrazone groups is 1. The normalized spacial score (nSPS) is 11.2. The maximum Gasteiger partial charge on any atom is 0.343 e. The van der Waals surface area contributed by atoms with Crippen molar-refractivity contribution >= 4 is 53.0 Å². The fourth-order valence-electron chi connectivity index (χ4n) is 4.26. The van der Waals surface area contributed by atoms with E-state index in [1.807, 2.05) is 24.3 Å². The molecule has 0 saturated heterocycles. The highest BCUT2D eigenvalue weighted by atomic mass is 35.5. The fraction of sp³-hybridized carbons (Fsp3) is 0.118. The monoisotopic (exact) mass is 639 g/mol. The van der Waals surface area contributed by atoms with Crippen LogP contribution in [0, 0.1) is 10.1 Å². The summed E-state index contributed by atoms with van der Waals surface area (Å²) < 4.78 is 5.32. The molecule has 0 aliphatic rings. The molecule has 0 spiro atoms. The van der Waals surface area contributed by atoms with Crippen LogP contribution in [0.4, 0.5) is 11.4 Å². The lowest BCUT2D eigenvalue weighted by Gasteiger charge is -2.21. The third-order valence-corrected chi connectivity index (χ3v) is 7.06. The summed E-state index contributed by atoms with van der Waals surface area (Å²) in [6.07, 6.45) is 2.92. The van der Waals surface area contributed by atoms with E-state index in [0.29, 0.717) is 11.1 Å². The first-order valence-corrected chi connectivity index (χ1v) is 14.6. The molecule has 234 valence electrons. The lowest BCUT2D eigenvalue weighted by atomic mass is 10.1. The van der Waals surface area contributed by atoms with Crippen molar-refractivity contribution in [1.29, 1.82) is 0 Å². The first-order chi connectivity index (χ1) is 22.2. The van der Waals surface area contributed by atoms with Crippen LogP contribution < -0.4 is 20.4 Å². The van der Waals surface area contributed by atoms with Gasteiger partial charge in [0.1, 0.15) is 11.4 Å². The van der Waals surface area contributed by atoms with Crippen molar-refractivity contribution in [3.8, 4) is 5.75 Å². The van der Waals surface area contributed by atoms with Gasteiger partial charge in [-0.3, -0.25) is 19.7 Å². The quantitative estimate of drug-likeness (QED) is 0.0467. The average molecular weight is 640 g/mol. The number of carbonyl (C=O) groups is 3. The van der Waals surface area contributed by atoms with Crippen molar-refractivity contribution in [3.63, 3.8) is 0 Å². The number of esters is 1. The minimum absolute atomic E-state index is 0.0498. The van der Waals surface area contributed by atoms with E-state index < -0.39 is 22.7 Å². The van der Waals surface area contributed by atoms with E-state index in [1.54, 1.807) is 42.5 Å². The van der Waals surface area contributed by atoms with Gasteiger partial charge in [-0.25, -0.2) is 10.2 Å². The standard InChI is InChI=1S/C34H30ClN5O6/c1-3-39(4-2)26-15-9-23(10-16-26)21-31(37-32(41)29-7-5-6-8-30(29)35)33(42)38-36-22-24-11-19-28(20-12-24)46-34(43)25-13-17-27(18-14-25)40(44)45/h5-22H,3-4H2,1-2H3,(H,37,41)(H,38,42)/b31-21+,36-22+. The number of hydrogen-bond donors (Lipinski definition) is 2. The number of nitrogens with zero attached hydrogens (tertiary/aromatic N) is 3. The van der Waals surface area contributed by atoms with Crippen LogP contribution in [-0.2, 0) is 4.79 Å². The number of rotatable bonds is 12. The van der Waals surface area contributed by atoms with Gasteiger partial charge in [0.25, 0.3) is 17.5 Å². The molecule has 2 N–H and O–H groups in total. The average Bonchev–Trinajstić information content (AvgIpc) is 3.06.